The zero-order valence-corrected chi connectivity index (χ0v) is 8.36. The van der Waals surface area contributed by atoms with Gasteiger partial charge in [0.05, 0.1) is 5.52 Å². The van der Waals surface area contributed by atoms with E-state index in [2.05, 4.69) is 15.3 Å². The third-order valence-electron chi connectivity index (χ3n) is 2.70. The zero-order chi connectivity index (χ0) is 9.54. The summed E-state index contributed by atoms with van der Waals surface area (Å²) in [6, 6.07) is 1.88. The van der Waals surface area contributed by atoms with E-state index in [0.29, 0.717) is 5.15 Å². The predicted molar refractivity (Wildman–Crippen MR) is 56.5 cm³/mol. The van der Waals surface area contributed by atoms with Crippen LogP contribution in [0.4, 0.5) is 0 Å². The van der Waals surface area contributed by atoms with E-state index in [1.54, 1.807) is 0 Å². The fourth-order valence-corrected chi connectivity index (χ4v) is 2.17. The van der Waals surface area contributed by atoms with Gasteiger partial charge in [0, 0.05) is 36.8 Å². The molecule has 2 N–H and O–H groups in total. The van der Waals surface area contributed by atoms with Gasteiger partial charge < -0.3 is 10.3 Å². The van der Waals surface area contributed by atoms with Crippen molar-refractivity contribution >= 4 is 22.5 Å². The van der Waals surface area contributed by atoms with E-state index in [1.807, 2.05) is 12.3 Å². The lowest BCUT2D eigenvalue weighted by Gasteiger charge is -2.12. The maximum absolute atomic E-state index is 5.84. The summed E-state index contributed by atoms with van der Waals surface area (Å²) < 4.78 is 0. The van der Waals surface area contributed by atoms with Crippen LogP contribution in [0.1, 0.15) is 11.3 Å². The Labute approximate surface area is 86.5 Å². The Morgan fingerprint density at radius 3 is 3.29 bits per heavy atom. The molecule has 0 saturated heterocycles. The first-order valence-electron chi connectivity index (χ1n) is 4.70. The molecule has 0 fully saturated rings. The SMILES string of the molecule is Clc1cc2[nH]c3c(c2cn1)CNCC3. The van der Waals surface area contributed by atoms with Crippen LogP contribution in [0.2, 0.25) is 5.15 Å². The monoisotopic (exact) mass is 207 g/mol. The Morgan fingerprint density at radius 2 is 2.36 bits per heavy atom. The van der Waals surface area contributed by atoms with Gasteiger partial charge in [-0.05, 0) is 11.6 Å². The first kappa shape index (κ1) is 8.26. The maximum atomic E-state index is 5.84. The zero-order valence-electron chi connectivity index (χ0n) is 7.60. The molecule has 0 saturated carbocycles. The lowest BCUT2D eigenvalue weighted by molar-refractivity contribution is 0.640. The normalized spacial score (nSPS) is 15.8. The largest absolute Gasteiger partial charge is 0.358 e. The van der Waals surface area contributed by atoms with Gasteiger partial charge in [0.25, 0.3) is 0 Å². The van der Waals surface area contributed by atoms with Gasteiger partial charge in [0.15, 0.2) is 0 Å². The number of fused-ring (bicyclic) bond motifs is 3. The summed E-state index contributed by atoms with van der Waals surface area (Å²) in [5, 5.41) is 5.09. The van der Waals surface area contributed by atoms with Gasteiger partial charge in [-0.2, -0.15) is 0 Å². The molecular weight excluding hydrogens is 198 g/mol. The molecule has 0 amide bonds. The number of halogens is 1. The fraction of sp³-hybridized carbons (Fsp3) is 0.300. The van der Waals surface area contributed by atoms with Gasteiger partial charge in [-0.15, -0.1) is 0 Å². The number of rotatable bonds is 0. The average molecular weight is 208 g/mol. The number of pyridine rings is 1. The van der Waals surface area contributed by atoms with Crippen molar-refractivity contribution in [2.24, 2.45) is 0 Å². The minimum atomic E-state index is 0.545. The number of hydrogen-bond acceptors (Lipinski definition) is 2. The highest BCUT2D eigenvalue weighted by atomic mass is 35.5. The number of aromatic amines is 1. The smallest absolute Gasteiger partial charge is 0.131 e. The highest BCUT2D eigenvalue weighted by molar-refractivity contribution is 6.30. The molecule has 3 nitrogen and oxygen atoms in total. The van der Waals surface area contributed by atoms with E-state index in [0.717, 1.165) is 25.0 Å². The minimum Gasteiger partial charge on any atom is -0.358 e. The van der Waals surface area contributed by atoms with Crippen molar-refractivity contribution in [2.75, 3.05) is 6.54 Å². The van der Waals surface area contributed by atoms with Crippen LogP contribution in [0.15, 0.2) is 12.3 Å². The molecule has 0 spiro atoms. The Bertz CT molecular complexity index is 489. The summed E-state index contributed by atoms with van der Waals surface area (Å²) in [5.41, 5.74) is 3.76. The number of hydrogen-bond donors (Lipinski definition) is 2. The molecule has 2 aromatic heterocycles. The van der Waals surface area contributed by atoms with Gasteiger partial charge in [-0.3, -0.25) is 0 Å². The van der Waals surface area contributed by atoms with Gasteiger partial charge >= 0.3 is 0 Å². The molecule has 0 aliphatic carbocycles. The van der Waals surface area contributed by atoms with Crippen LogP contribution in [-0.4, -0.2) is 16.5 Å². The third kappa shape index (κ3) is 1.13. The molecule has 4 heteroatoms. The van der Waals surface area contributed by atoms with E-state index < -0.39 is 0 Å². The summed E-state index contributed by atoms with van der Waals surface area (Å²) in [5.74, 6) is 0. The van der Waals surface area contributed by atoms with Crippen molar-refractivity contribution in [3.63, 3.8) is 0 Å². The summed E-state index contributed by atoms with van der Waals surface area (Å²) in [6.45, 7) is 1.97. The molecule has 1 aliphatic rings. The third-order valence-corrected chi connectivity index (χ3v) is 2.91. The van der Waals surface area contributed by atoms with E-state index in [9.17, 15) is 0 Å². The number of nitrogens with zero attached hydrogens (tertiary/aromatic N) is 1. The van der Waals surface area contributed by atoms with Crippen LogP contribution < -0.4 is 5.32 Å². The van der Waals surface area contributed by atoms with Crippen molar-refractivity contribution in [1.29, 1.82) is 0 Å². The molecule has 0 aromatic carbocycles. The topological polar surface area (TPSA) is 40.7 Å². The minimum absolute atomic E-state index is 0.545. The molecule has 0 radical (unpaired) electrons. The lowest BCUT2D eigenvalue weighted by Crippen LogP contribution is -2.22. The van der Waals surface area contributed by atoms with Crippen LogP contribution in [0.25, 0.3) is 10.9 Å². The predicted octanol–water partition coefficient (Wildman–Crippen LogP) is 1.86. The highest BCUT2D eigenvalue weighted by Gasteiger charge is 2.14. The number of aromatic nitrogens is 2. The molecule has 0 atom stereocenters. The van der Waals surface area contributed by atoms with E-state index in [-0.39, 0.29) is 0 Å². The van der Waals surface area contributed by atoms with Gasteiger partial charge in [0.2, 0.25) is 0 Å². The standard InChI is InChI=1S/C10H10ClN3/c11-10-3-9-7(5-13-10)6-4-12-2-1-8(6)14-9/h3,5,12,14H,1-2,4H2. The van der Waals surface area contributed by atoms with Crippen LogP contribution in [0, 0.1) is 0 Å². The fourth-order valence-electron chi connectivity index (χ4n) is 2.02. The molecule has 2 aromatic rings. The van der Waals surface area contributed by atoms with Gasteiger partial charge in [-0.1, -0.05) is 11.6 Å². The number of H-pyrrole nitrogens is 1. The molecule has 3 rings (SSSR count). The van der Waals surface area contributed by atoms with Crippen LogP contribution in [0.5, 0.6) is 0 Å². The molecule has 72 valence electrons. The Morgan fingerprint density at radius 1 is 1.43 bits per heavy atom. The first-order chi connectivity index (χ1) is 6.84. The van der Waals surface area contributed by atoms with Crippen LogP contribution in [-0.2, 0) is 13.0 Å². The van der Waals surface area contributed by atoms with Crippen molar-refractivity contribution in [3.8, 4) is 0 Å². The van der Waals surface area contributed by atoms with E-state index in [1.165, 1.54) is 16.6 Å². The maximum Gasteiger partial charge on any atom is 0.131 e. The van der Waals surface area contributed by atoms with Crippen molar-refractivity contribution in [3.05, 3.63) is 28.7 Å². The molecule has 0 unspecified atom stereocenters. The molecule has 1 aliphatic heterocycles. The quantitative estimate of drug-likeness (QED) is 0.648. The van der Waals surface area contributed by atoms with Crippen LogP contribution in [0.3, 0.4) is 0 Å². The second-order valence-corrected chi connectivity index (χ2v) is 3.95. The second-order valence-electron chi connectivity index (χ2n) is 3.56. The van der Waals surface area contributed by atoms with Crippen molar-refractivity contribution in [1.82, 2.24) is 15.3 Å². The molecule has 14 heavy (non-hydrogen) atoms. The number of nitrogens with one attached hydrogen (secondary N) is 2. The molecule has 3 heterocycles. The first-order valence-corrected chi connectivity index (χ1v) is 5.08. The van der Waals surface area contributed by atoms with E-state index >= 15 is 0 Å². The Balaban J connectivity index is 2.31. The Kier molecular flexibility index (Phi) is 1.75. The second kappa shape index (κ2) is 2.97. The van der Waals surface area contributed by atoms with Crippen LogP contribution >= 0.6 is 11.6 Å². The molecular formula is C10H10ClN3. The molecule has 0 bridgehead atoms. The lowest BCUT2D eigenvalue weighted by atomic mass is 10.1. The van der Waals surface area contributed by atoms with Crippen molar-refractivity contribution in [2.45, 2.75) is 13.0 Å². The summed E-state index contributed by atoms with van der Waals surface area (Å²) in [7, 11) is 0. The van der Waals surface area contributed by atoms with Crippen molar-refractivity contribution < 1.29 is 0 Å². The summed E-state index contributed by atoms with van der Waals surface area (Å²) in [6.07, 6.45) is 2.90. The average Bonchev–Trinajstić information content (AvgIpc) is 2.54. The summed E-state index contributed by atoms with van der Waals surface area (Å²) in [4.78, 5) is 7.50. The van der Waals surface area contributed by atoms with E-state index in [4.69, 9.17) is 11.6 Å². The Hall–Kier alpha value is -1.06. The van der Waals surface area contributed by atoms with Gasteiger partial charge in [0.1, 0.15) is 5.15 Å². The van der Waals surface area contributed by atoms with Gasteiger partial charge in [-0.25, -0.2) is 4.98 Å². The highest BCUT2D eigenvalue weighted by Crippen LogP contribution is 2.25. The summed E-state index contributed by atoms with van der Waals surface area (Å²) >= 11 is 5.84.